The van der Waals surface area contributed by atoms with Crippen LogP contribution in [0.2, 0.25) is 0 Å². The van der Waals surface area contributed by atoms with Gasteiger partial charge in [0.05, 0.1) is 22.8 Å². The van der Waals surface area contributed by atoms with Crippen molar-refractivity contribution >= 4 is 170 Å². The topological polar surface area (TPSA) is 310 Å². The number of rotatable bonds is 13. The van der Waals surface area contributed by atoms with Gasteiger partial charge in [-0.05, 0) is 339 Å². The van der Waals surface area contributed by atoms with Crippen LogP contribution in [-0.2, 0) is 19.3 Å². The highest BCUT2D eigenvalue weighted by molar-refractivity contribution is 6.11. The van der Waals surface area contributed by atoms with Crippen LogP contribution in [0, 0.1) is 20.8 Å². The fourth-order valence-corrected chi connectivity index (χ4v) is 21.3. The molecule has 0 fully saturated rings. The zero-order valence-corrected chi connectivity index (χ0v) is 77.3. The molecule has 5 aliphatic rings. The minimum Gasteiger partial charge on any atom is -0.508 e. The maximum Gasteiger partial charge on any atom is 0.117 e. The highest BCUT2D eigenvalue weighted by Crippen LogP contribution is 2.48. The van der Waals surface area contributed by atoms with Gasteiger partial charge in [-0.1, -0.05) is 109 Å². The molecular weight excluding hydrogens is 1760 g/mol. The number of allylic oxidation sites excluding steroid dienone is 5. The Labute approximate surface area is 813 Å². The van der Waals surface area contributed by atoms with Crippen molar-refractivity contribution in [2.45, 2.75) is 40.0 Å². The summed E-state index contributed by atoms with van der Waals surface area (Å²) in [4.78, 5) is 42.5. The van der Waals surface area contributed by atoms with E-state index in [2.05, 4.69) is 278 Å². The van der Waals surface area contributed by atoms with Gasteiger partial charge in [0.25, 0.3) is 0 Å². The number of fused-ring (bicyclic) bond motifs is 18. The van der Waals surface area contributed by atoms with Gasteiger partial charge >= 0.3 is 0 Å². The lowest BCUT2D eigenvalue weighted by molar-refractivity contribution is 0.474. The van der Waals surface area contributed by atoms with Gasteiger partial charge in [-0.25, -0.2) is 9.97 Å². The van der Waals surface area contributed by atoms with Crippen molar-refractivity contribution in [1.29, 1.82) is 0 Å². The molecule has 10 aromatic heterocycles. The van der Waals surface area contributed by atoms with E-state index in [1.54, 1.807) is 66.7 Å². The van der Waals surface area contributed by atoms with Gasteiger partial charge in [0.1, 0.15) is 40.2 Å². The first kappa shape index (κ1) is 84.8. The minimum absolute atomic E-state index is 0.177. The van der Waals surface area contributed by atoms with E-state index in [1.807, 2.05) is 85.5 Å². The summed E-state index contributed by atoms with van der Waals surface area (Å²) >= 11 is 0. The second-order valence-corrected chi connectivity index (χ2v) is 37.3. The van der Waals surface area contributed by atoms with E-state index >= 15 is 0 Å². The van der Waals surface area contributed by atoms with Crippen LogP contribution < -0.4 is 0 Å². The number of phenols is 7. The van der Waals surface area contributed by atoms with E-state index in [0.717, 1.165) is 251 Å². The molecule has 22 aromatic rings. The smallest absolute Gasteiger partial charge is 0.117 e. The molecule has 16 N–H and O–H groups in total. The normalized spacial score (nSPS) is 13.1. The lowest BCUT2D eigenvalue weighted by Crippen LogP contribution is -1.93. The number of aromatic nitrogens is 11. The van der Waals surface area contributed by atoms with Gasteiger partial charge in [-0.2, -0.15) is 0 Å². The summed E-state index contributed by atoms with van der Waals surface area (Å²) in [6.45, 7) is 6.31. The van der Waals surface area contributed by atoms with Crippen molar-refractivity contribution in [2.24, 2.45) is 0 Å². The number of phenolic OH excluding ortho intramolecular Hbond substituents is 7. The number of hydrogen-bond donors (Lipinski definition) is 16. The molecule has 12 aromatic carbocycles. The van der Waals surface area contributed by atoms with Crippen molar-refractivity contribution in [1.82, 2.24) is 54.8 Å². The second kappa shape index (κ2) is 34.1. The Morgan fingerprint density at radius 3 is 0.979 bits per heavy atom. The highest BCUT2D eigenvalue weighted by atomic mass is 16.3. The van der Waals surface area contributed by atoms with Crippen LogP contribution in [0.4, 0.5) is 0 Å². The first-order valence-electron chi connectivity index (χ1n) is 47.4. The van der Waals surface area contributed by atoms with Crippen LogP contribution in [-0.4, -0.2) is 90.6 Å². The van der Waals surface area contributed by atoms with Gasteiger partial charge in [-0.15, -0.1) is 0 Å². The van der Waals surface area contributed by atoms with Crippen LogP contribution in [0.1, 0.15) is 112 Å². The number of aromatic amines is 9. The molecule has 18 heteroatoms. The predicted molar refractivity (Wildman–Crippen MR) is 580 cm³/mol. The average molecular weight is 1850 g/mol. The molecule has 8 bridgehead atoms. The maximum atomic E-state index is 10.5. The van der Waals surface area contributed by atoms with Crippen LogP contribution in [0.5, 0.6) is 40.2 Å². The monoisotopic (exact) mass is 1850 g/mol. The SMILES string of the molecule is Cc1ccc2c(-c3c4nc(c(C5=CCc6cc(O)ccc65)c5ccc([nH]5)c(-c5c[nH]c6cc(O)ccc56)c5nc(c(-c6c[nH]c7cc(O)ccc67)c6ccc3[nH]6)C=C5)C=C4)c[nH]c2c1.Cc1ccc2c(-c3cc(C4=CCc5cc(O)ccc54)cc(-c4c[nH]c5cc(O)ccc45)c3)c[nH]c2c1.Cc1ccc2c(C=Cc3cc(C=CC4=CCc5cc(O)ccc54)cc(C=Cc4c[nH]c5cc(O)ccc45)c3)c[nH]c2c1. The number of aromatic hydroxyl groups is 7. The molecule has 3 aliphatic carbocycles. The van der Waals surface area contributed by atoms with Gasteiger partial charge in [0.15, 0.2) is 0 Å². The standard InChI is InChI=1S/C54H37N7O3.C38H30N2O2.C32H24N2O2/c1-27-2-7-33-37(24-55-48(33)20-27)52-42-14-12-40(58-42)51(36-8-3-28-21-29(62)4-9-32(28)36)41-13-15-43(59-41)53(38-25-56-49-22-30(63)5-10-34(38)49)45-18-19-47(61-45)54(46-17-16-44(52)60-46)39-26-57-50-23-31(64)6-11-35(39)50;1-24-2-13-35-30(22-39-37(35)16-24)7-4-26-17-25(3-6-28-9-10-29-20-32(41)11-14-34(28)29)18-27(19-26)5-8-31-23-40-38-21-33(42)12-15-36(31)38;1-18-2-6-27-29(16-33-31(27)10-18)21-11-20(26-7-3-19-14-23(35)4-8-25(19)26)12-22(13-21)30-17-34-32-15-24(36)5-9-28(30)32/h2,4-26,55-57,59-60,62-64H,3H2,1H3;2-9,11-23,39-42H,10H2,1H3;2,4-17,33-36H,3H2,1H3. The summed E-state index contributed by atoms with van der Waals surface area (Å²) in [7, 11) is 0. The summed E-state index contributed by atoms with van der Waals surface area (Å²) in [5.41, 5.74) is 44.7. The molecule has 0 saturated carbocycles. The second-order valence-electron chi connectivity index (χ2n) is 37.3. The quantitative estimate of drug-likeness (QED) is 0.0521. The van der Waals surface area contributed by atoms with Crippen LogP contribution in [0.25, 0.3) is 225 Å². The lowest BCUT2D eigenvalue weighted by Gasteiger charge is -2.13. The third-order valence-electron chi connectivity index (χ3n) is 28.1. The van der Waals surface area contributed by atoms with Crippen molar-refractivity contribution < 1.29 is 35.7 Å². The summed E-state index contributed by atoms with van der Waals surface area (Å²) < 4.78 is 0. The zero-order chi connectivity index (χ0) is 95.8. The number of H-pyrrole nitrogens is 9. The number of hydrogen-bond acceptors (Lipinski definition) is 9. The number of aryl methyl sites for hydroxylation is 3. The van der Waals surface area contributed by atoms with Crippen LogP contribution in [0.15, 0.2) is 310 Å². The summed E-state index contributed by atoms with van der Waals surface area (Å²) in [6.07, 6.45) is 44.4. The summed E-state index contributed by atoms with van der Waals surface area (Å²) in [6, 6.07) is 79.7. The van der Waals surface area contributed by atoms with E-state index < -0.39 is 0 Å². The molecule has 0 atom stereocenters. The first-order valence-corrected chi connectivity index (χ1v) is 47.4. The third kappa shape index (κ3) is 15.5. The molecule has 0 spiro atoms. The Kier molecular flexibility index (Phi) is 20.4. The van der Waals surface area contributed by atoms with E-state index in [9.17, 15) is 35.7 Å². The fourth-order valence-electron chi connectivity index (χ4n) is 21.3. The molecule has 142 heavy (non-hydrogen) atoms. The average Bonchev–Trinajstić information content (AvgIpc) is 1.59. The number of nitrogens with one attached hydrogen (secondary N) is 9. The van der Waals surface area contributed by atoms with Crippen molar-refractivity contribution in [3.8, 4) is 95.9 Å². The fraction of sp³-hybridized carbons (Fsp3) is 0.0484. The number of nitrogens with zero attached hydrogens (tertiary/aromatic N) is 2. The van der Waals surface area contributed by atoms with Gasteiger partial charge < -0.3 is 80.6 Å². The molecule has 27 rings (SSSR count). The van der Waals surface area contributed by atoms with Crippen molar-refractivity contribution in [2.75, 3.05) is 0 Å². The van der Waals surface area contributed by atoms with Crippen molar-refractivity contribution in [3.63, 3.8) is 0 Å². The Morgan fingerprint density at radius 2 is 0.535 bits per heavy atom. The molecule has 2 aliphatic heterocycles. The highest BCUT2D eigenvalue weighted by Gasteiger charge is 2.28. The molecule has 12 heterocycles. The molecule has 18 nitrogen and oxygen atoms in total. The van der Waals surface area contributed by atoms with E-state index in [0.29, 0.717) is 17.9 Å². The van der Waals surface area contributed by atoms with Crippen LogP contribution >= 0.6 is 0 Å². The predicted octanol–water partition coefficient (Wildman–Crippen LogP) is 29.6. The Balaban J connectivity index is 0.000000118. The van der Waals surface area contributed by atoms with Gasteiger partial charge in [0.2, 0.25) is 0 Å². The Hall–Kier alpha value is -18.9. The molecular formula is C124H91N11O7. The summed E-state index contributed by atoms with van der Waals surface area (Å²) in [5.74, 6) is 1.70. The Bertz CT molecular complexity index is 9270. The third-order valence-corrected chi connectivity index (χ3v) is 28.1. The molecule has 0 amide bonds. The molecule has 684 valence electrons. The van der Waals surface area contributed by atoms with Crippen molar-refractivity contribution in [3.05, 3.63) is 422 Å². The Morgan fingerprint density at radius 1 is 0.232 bits per heavy atom. The zero-order valence-electron chi connectivity index (χ0n) is 77.3. The largest absolute Gasteiger partial charge is 0.508 e. The number of benzene rings is 12. The first-order chi connectivity index (χ1) is 69.3. The lowest BCUT2D eigenvalue weighted by atomic mass is 9.91. The maximum absolute atomic E-state index is 10.5. The minimum atomic E-state index is 0.177. The van der Waals surface area contributed by atoms with Crippen LogP contribution in [0.3, 0.4) is 0 Å². The molecule has 0 unspecified atom stereocenters. The van der Waals surface area contributed by atoms with Gasteiger partial charge in [-0.3, -0.25) is 0 Å². The van der Waals surface area contributed by atoms with E-state index in [1.165, 1.54) is 44.2 Å². The summed E-state index contributed by atoms with van der Waals surface area (Å²) in [5, 5.41) is 78.5. The van der Waals surface area contributed by atoms with Gasteiger partial charge in [0, 0.05) is 216 Å². The molecule has 0 radical (unpaired) electrons. The van der Waals surface area contributed by atoms with E-state index in [4.69, 9.17) is 9.97 Å². The van der Waals surface area contributed by atoms with E-state index in [-0.39, 0.29) is 28.7 Å². The molecule has 0 saturated heterocycles.